The van der Waals surface area contributed by atoms with Crippen molar-refractivity contribution in [1.29, 1.82) is 0 Å². The van der Waals surface area contributed by atoms with Crippen LogP contribution in [-0.4, -0.2) is 35.8 Å². The number of nitrogens with one attached hydrogen (secondary N) is 1. The van der Waals surface area contributed by atoms with Crippen LogP contribution in [0, 0.1) is 0 Å². The Morgan fingerprint density at radius 2 is 1.68 bits per heavy atom. The van der Waals surface area contributed by atoms with Gasteiger partial charge in [0.2, 0.25) is 5.91 Å². The van der Waals surface area contributed by atoms with E-state index in [-0.39, 0.29) is 11.8 Å². The van der Waals surface area contributed by atoms with Crippen molar-refractivity contribution in [2.24, 2.45) is 0 Å². The molecule has 0 aromatic heterocycles. The van der Waals surface area contributed by atoms with E-state index in [9.17, 15) is 9.59 Å². The van der Waals surface area contributed by atoms with Gasteiger partial charge in [-0.3, -0.25) is 9.59 Å². The summed E-state index contributed by atoms with van der Waals surface area (Å²) in [4.78, 5) is 25.8. The lowest BCUT2D eigenvalue weighted by molar-refractivity contribution is -0.127. The summed E-state index contributed by atoms with van der Waals surface area (Å²) in [5.74, 6) is -0.192. The molecule has 1 heterocycles. The zero-order valence-electron chi connectivity index (χ0n) is 12.5. The van der Waals surface area contributed by atoms with E-state index in [1.54, 1.807) is 11.8 Å². The molecule has 1 fully saturated rings. The molecule has 1 N–H and O–H groups in total. The van der Waals surface area contributed by atoms with Gasteiger partial charge in [0.15, 0.2) is 0 Å². The standard InChI is InChI=1S/C18H18N2O2/c1-13-17(21)19-11-12-20(13)18(22)16-9-7-15(8-10-16)14-5-3-2-4-6-14/h2-10,13H,11-12H2,1H3,(H,19,21)/t13-/m1/s1. The van der Waals surface area contributed by atoms with Crippen LogP contribution >= 0.6 is 0 Å². The molecular weight excluding hydrogens is 276 g/mol. The predicted octanol–water partition coefficient (Wildman–Crippen LogP) is 2.31. The van der Waals surface area contributed by atoms with Crippen molar-refractivity contribution < 1.29 is 9.59 Å². The SMILES string of the molecule is C[C@@H]1C(=O)NCCN1C(=O)c1ccc(-c2ccccc2)cc1. The second-order valence-corrected chi connectivity index (χ2v) is 5.41. The Bertz CT molecular complexity index is 680. The average molecular weight is 294 g/mol. The number of nitrogens with zero attached hydrogens (tertiary/aromatic N) is 1. The summed E-state index contributed by atoms with van der Waals surface area (Å²) in [5.41, 5.74) is 2.80. The van der Waals surface area contributed by atoms with Crippen molar-refractivity contribution in [1.82, 2.24) is 10.2 Å². The Balaban J connectivity index is 1.81. The summed E-state index contributed by atoms with van der Waals surface area (Å²) in [6, 6.07) is 17.1. The molecule has 0 aliphatic carbocycles. The first-order valence-electron chi connectivity index (χ1n) is 7.41. The van der Waals surface area contributed by atoms with Crippen LogP contribution in [0.5, 0.6) is 0 Å². The summed E-state index contributed by atoms with van der Waals surface area (Å²) < 4.78 is 0. The molecule has 0 unspecified atom stereocenters. The van der Waals surface area contributed by atoms with Crippen molar-refractivity contribution in [3.63, 3.8) is 0 Å². The number of hydrogen-bond donors (Lipinski definition) is 1. The van der Waals surface area contributed by atoms with Crippen LogP contribution in [0.25, 0.3) is 11.1 Å². The van der Waals surface area contributed by atoms with Gasteiger partial charge in [0, 0.05) is 18.7 Å². The monoisotopic (exact) mass is 294 g/mol. The van der Waals surface area contributed by atoms with E-state index >= 15 is 0 Å². The van der Waals surface area contributed by atoms with Gasteiger partial charge in [0.05, 0.1) is 0 Å². The summed E-state index contributed by atoms with van der Waals surface area (Å²) in [6.07, 6.45) is 0. The fraction of sp³-hybridized carbons (Fsp3) is 0.222. The highest BCUT2D eigenvalue weighted by molar-refractivity contribution is 5.98. The lowest BCUT2D eigenvalue weighted by Crippen LogP contribution is -2.55. The van der Waals surface area contributed by atoms with Crippen molar-refractivity contribution in [2.45, 2.75) is 13.0 Å². The largest absolute Gasteiger partial charge is 0.353 e. The molecule has 2 aromatic carbocycles. The third-order valence-electron chi connectivity index (χ3n) is 4.00. The van der Waals surface area contributed by atoms with Crippen molar-refractivity contribution in [3.05, 3.63) is 60.2 Å². The number of benzene rings is 2. The maximum Gasteiger partial charge on any atom is 0.254 e. The molecule has 22 heavy (non-hydrogen) atoms. The summed E-state index contributed by atoms with van der Waals surface area (Å²) in [7, 11) is 0. The molecule has 0 bridgehead atoms. The highest BCUT2D eigenvalue weighted by Gasteiger charge is 2.29. The van der Waals surface area contributed by atoms with Crippen LogP contribution in [-0.2, 0) is 4.79 Å². The first kappa shape index (κ1) is 14.3. The lowest BCUT2D eigenvalue weighted by Gasteiger charge is -2.32. The Hall–Kier alpha value is -2.62. The summed E-state index contributed by atoms with van der Waals surface area (Å²) >= 11 is 0. The molecule has 4 nitrogen and oxygen atoms in total. The molecule has 1 aliphatic heterocycles. The zero-order valence-corrected chi connectivity index (χ0v) is 12.5. The summed E-state index contributed by atoms with van der Waals surface area (Å²) in [5, 5.41) is 2.77. The highest BCUT2D eigenvalue weighted by atomic mass is 16.2. The Morgan fingerprint density at radius 1 is 1.05 bits per heavy atom. The Kier molecular flexibility index (Phi) is 3.92. The molecule has 1 saturated heterocycles. The van der Waals surface area contributed by atoms with Crippen molar-refractivity contribution >= 4 is 11.8 Å². The highest BCUT2D eigenvalue weighted by Crippen LogP contribution is 2.20. The van der Waals surface area contributed by atoms with Gasteiger partial charge >= 0.3 is 0 Å². The van der Waals surface area contributed by atoms with E-state index in [4.69, 9.17) is 0 Å². The summed E-state index contributed by atoms with van der Waals surface area (Å²) in [6.45, 7) is 2.81. The third-order valence-corrected chi connectivity index (χ3v) is 4.00. The lowest BCUT2D eigenvalue weighted by atomic mass is 10.0. The quantitative estimate of drug-likeness (QED) is 0.924. The third kappa shape index (κ3) is 2.72. The van der Waals surface area contributed by atoms with Gasteiger partial charge in [0.1, 0.15) is 6.04 Å². The van der Waals surface area contributed by atoms with Crippen LogP contribution in [0.1, 0.15) is 17.3 Å². The van der Waals surface area contributed by atoms with Gasteiger partial charge in [-0.25, -0.2) is 0 Å². The number of carbonyl (C=O) groups is 2. The van der Waals surface area contributed by atoms with E-state index in [2.05, 4.69) is 5.32 Å². The van der Waals surface area contributed by atoms with Gasteiger partial charge in [-0.05, 0) is 30.2 Å². The number of piperazine rings is 1. The molecule has 1 atom stereocenters. The zero-order chi connectivity index (χ0) is 15.5. The van der Waals surface area contributed by atoms with E-state index in [1.807, 2.05) is 54.6 Å². The maximum atomic E-state index is 12.5. The molecule has 112 valence electrons. The molecule has 1 aliphatic rings. The van der Waals surface area contributed by atoms with Gasteiger partial charge in [-0.1, -0.05) is 42.5 Å². The second kappa shape index (κ2) is 6.02. The number of hydrogen-bond acceptors (Lipinski definition) is 2. The first-order valence-corrected chi connectivity index (χ1v) is 7.41. The minimum atomic E-state index is -0.421. The van der Waals surface area contributed by atoms with Crippen LogP contribution in [0.3, 0.4) is 0 Å². The van der Waals surface area contributed by atoms with Crippen LogP contribution in [0.4, 0.5) is 0 Å². The van der Waals surface area contributed by atoms with Crippen LogP contribution < -0.4 is 5.32 Å². The van der Waals surface area contributed by atoms with E-state index < -0.39 is 6.04 Å². The van der Waals surface area contributed by atoms with Crippen LogP contribution in [0.2, 0.25) is 0 Å². The molecule has 0 spiro atoms. The number of carbonyl (C=O) groups excluding carboxylic acids is 2. The second-order valence-electron chi connectivity index (χ2n) is 5.41. The van der Waals surface area contributed by atoms with Crippen LogP contribution in [0.15, 0.2) is 54.6 Å². The molecule has 0 saturated carbocycles. The first-order chi connectivity index (χ1) is 10.7. The molecular formula is C18H18N2O2. The van der Waals surface area contributed by atoms with E-state index in [1.165, 1.54) is 0 Å². The van der Waals surface area contributed by atoms with Gasteiger partial charge in [-0.15, -0.1) is 0 Å². The molecule has 2 aromatic rings. The predicted molar refractivity (Wildman–Crippen MR) is 85.4 cm³/mol. The van der Waals surface area contributed by atoms with Gasteiger partial charge < -0.3 is 10.2 Å². The van der Waals surface area contributed by atoms with E-state index in [0.717, 1.165) is 11.1 Å². The fourth-order valence-electron chi connectivity index (χ4n) is 2.66. The smallest absolute Gasteiger partial charge is 0.254 e. The number of rotatable bonds is 2. The molecule has 0 radical (unpaired) electrons. The Morgan fingerprint density at radius 3 is 2.36 bits per heavy atom. The van der Waals surface area contributed by atoms with E-state index in [0.29, 0.717) is 18.7 Å². The topological polar surface area (TPSA) is 49.4 Å². The van der Waals surface area contributed by atoms with Crippen molar-refractivity contribution in [3.8, 4) is 11.1 Å². The fourth-order valence-corrected chi connectivity index (χ4v) is 2.66. The average Bonchev–Trinajstić information content (AvgIpc) is 2.58. The molecule has 3 rings (SSSR count). The van der Waals surface area contributed by atoms with Gasteiger partial charge in [0.25, 0.3) is 5.91 Å². The Labute approximate surface area is 129 Å². The molecule has 2 amide bonds. The minimum Gasteiger partial charge on any atom is -0.353 e. The van der Waals surface area contributed by atoms with Gasteiger partial charge in [-0.2, -0.15) is 0 Å². The maximum absolute atomic E-state index is 12.5. The van der Waals surface area contributed by atoms with Crippen molar-refractivity contribution in [2.75, 3.05) is 13.1 Å². The number of amides is 2. The normalized spacial score (nSPS) is 18.0. The minimum absolute atomic E-state index is 0.0954. The molecule has 4 heteroatoms.